The molecule has 1 aliphatic heterocycles. The van der Waals surface area contributed by atoms with Gasteiger partial charge in [-0.05, 0) is 20.8 Å². The molecule has 0 aromatic carbocycles. The number of aromatic amines is 1. The van der Waals surface area contributed by atoms with Gasteiger partial charge in [-0.2, -0.15) is 0 Å². The molecule has 0 spiro atoms. The summed E-state index contributed by atoms with van der Waals surface area (Å²) >= 11 is 0. The van der Waals surface area contributed by atoms with Crippen LogP contribution in [0, 0.1) is 0 Å². The third-order valence-electron chi connectivity index (χ3n) is 3.28. The van der Waals surface area contributed by atoms with Crippen molar-refractivity contribution >= 4 is 11.7 Å². The van der Waals surface area contributed by atoms with Crippen LogP contribution in [0.1, 0.15) is 32.0 Å². The third kappa shape index (κ3) is 2.48. The van der Waals surface area contributed by atoms with E-state index < -0.39 is 11.7 Å². The van der Waals surface area contributed by atoms with Crippen molar-refractivity contribution in [1.29, 1.82) is 0 Å². The van der Waals surface area contributed by atoms with E-state index in [1.807, 2.05) is 20.8 Å². The minimum absolute atomic E-state index is 0.200. The van der Waals surface area contributed by atoms with Crippen LogP contribution in [0.5, 0.6) is 0 Å². The fourth-order valence-corrected chi connectivity index (χ4v) is 2.33. The molecule has 0 aliphatic carbocycles. The number of ether oxygens (including phenoxy) is 1. The molecule has 0 saturated heterocycles. The van der Waals surface area contributed by atoms with Crippen molar-refractivity contribution < 1.29 is 9.53 Å². The zero-order valence-corrected chi connectivity index (χ0v) is 12.2. The van der Waals surface area contributed by atoms with Gasteiger partial charge in [-0.15, -0.1) is 10.2 Å². The van der Waals surface area contributed by atoms with Gasteiger partial charge in [0.2, 0.25) is 11.1 Å². The molecule has 8 heteroatoms. The number of carbonyl (C=O) groups is 1. The number of hydrogen-bond donors (Lipinski definition) is 1. The van der Waals surface area contributed by atoms with Crippen molar-refractivity contribution in [1.82, 2.24) is 24.7 Å². The first kappa shape index (κ1) is 13.6. The second kappa shape index (κ2) is 4.57. The standard InChI is InChI=1S/C13H17N5O3/c1-13(2,3)21-12(20)17-5-4-9-8(6-17)10(19)11-15-14-7-18(11)16-9/h7,16H,4-6H2,1-3H3. The van der Waals surface area contributed by atoms with E-state index in [2.05, 4.69) is 15.3 Å². The smallest absolute Gasteiger partial charge is 0.410 e. The van der Waals surface area contributed by atoms with E-state index in [0.29, 0.717) is 18.5 Å². The van der Waals surface area contributed by atoms with Gasteiger partial charge in [0.15, 0.2) is 0 Å². The summed E-state index contributed by atoms with van der Waals surface area (Å²) in [5.74, 6) is 0. The number of carbonyl (C=O) groups excluding carboxylic acids is 1. The van der Waals surface area contributed by atoms with Crippen molar-refractivity contribution in [3.8, 4) is 0 Å². The predicted octanol–water partition coefficient (Wildman–Crippen LogP) is 0.711. The molecule has 3 heterocycles. The van der Waals surface area contributed by atoms with E-state index in [1.165, 1.54) is 15.7 Å². The van der Waals surface area contributed by atoms with Gasteiger partial charge in [-0.25, -0.2) is 9.31 Å². The molecule has 0 bridgehead atoms. The number of nitrogens with one attached hydrogen (secondary N) is 1. The van der Waals surface area contributed by atoms with Crippen LogP contribution in [0.25, 0.3) is 5.65 Å². The molecule has 2 aromatic heterocycles. The van der Waals surface area contributed by atoms with Gasteiger partial charge in [-0.3, -0.25) is 9.89 Å². The largest absolute Gasteiger partial charge is 0.444 e. The lowest BCUT2D eigenvalue weighted by atomic mass is 10.1. The van der Waals surface area contributed by atoms with Crippen molar-refractivity contribution in [2.24, 2.45) is 0 Å². The van der Waals surface area contributed by atoms with Gasteiger partial charge in [0.05, 0.1) is 6.54 Å². The number of aromatic nitrogens is 4. The Morgan fingerprint density at radius 2 is 2.19 bits per heavy atom. The van der Waals surface area contributed by atoms with Crippen LogP contribution in [0.4, 0.5) is 4.79 Å². The molecule has 1 amide bonds. The summed E-state index contributed by atoms with van der Waals surface area (Å²) in [5.41, 5.74) is 0.842. The average Bonchev–Trinajstić information content (AvgIpc) is 2.85. The molecule has 1 aliphatic rings. The Kier molecular flexibility index (Phi) is 2.96. The zero-order valence-electron chi connectivity index (χ0n) is 12.2. The molecule has 0 atom stereocenters. The maximum atomic E-state index is 12.4. The van der Waals surface area contributed by atoms with Crippen molar-refractivity contribution in [3.63, 3.8) is 0 Å². The minimum atomic E-state index is -0.555. The normalized spacial score (nSPS) is 15.1. The van der Waals surface area contributed by atoms with Crippen LogP contribution >= 0.6 is 0 Å². The Balaban J connectivity index is 1.91. The summed E-state index contributed by atoms with van der Waals surface area (Å²) in [6, 6.07) is 0. The van der Waals surface area contributed by atoms with Crippen LogP contribution in [0.3, 0.4) is 0 Å². The summed E-state index contributed by atoms with van der Waals surface area (Å²) < 4.78 is 6.85. The first-order valence-corrected chi connectivity index (χ1v) is 6.77. The van der Waals surface area contributed by atoms with Gasteiger partial charge in [-0.1, -0.05) is 0 Å². The Morgan fingerprint density at radius 1 is 1.43 bits per heavy atom. The van der Waals surface area contributed by atoms with E-state index in [1.54, 1.807) is 0 Å². The summed E-state index contributed by atoms with van der Waals surface area (Å²) in [5, 5.41) is 10.6. The lowest BCUT2D eigenvalue weighted by Gasteiger charge is -2.30. The number of fused-ring (bicyclic) bond motifs is 2. The molecule has 3 rings (SSSR count). The lowest BCUT2D eigenvalue weighted by molar-refractivity contribution is 0.0221. The molecule has 112 valence electrons. The Hall–Kier alpha value is -2.38. The number of hydrogen-bond acceptors (Lipinski definition) is 5. The van der Waals surface area contributed by atoms with E-state index in [-0.39, 0.29) is 17.6 Å². The maximum Gasteiger partial charge on any atom is 0.410 e. The van der Waals surface area contributed by atoms with Crippen molar-refractivity contribution in [2.45, 2.75) is 39.3 Å². The van der Waals surface area contributed by atoms with Gasteiger partial charge >= 0.3 is 6.09 Å². The number of nitrogens with zero attached hydrogens (tertiary/aromatic N) is 4. The zero-order chi connectivity index (χ0) is 15.2. The molecule has 0 saturated carbocycles. The SMILES string of the molecule is CC(C)(C)OC(=O)N1CCc2[nH]n3cnnc3c(=O)c2C1. The highest BCUT2D eigenvalue weighted by molar-refractivity contribution is 5.68. The molecular formula is C13H17N5O3. The second-order valence-corrected chi connectivity index (χ2v) is 6.07. The minimum Gasteiger partial charge on any atom is -0.444 e. The molecular weight excluding hydrogens is 274 g/mol. The lowest BCUT2D eigenvalue weighted by Crippen LogP contribution is -2.42. The maximum absolute atomic E-state index is 12.4. The van der Waals surface area contributed by atoms with Crippen LogP contribution < -0.4 is 5.43 Å². The number of rotatable bonds is 0. The summed E-state index contributed by atoms with van der Waals surface area (Å²) in [6.07, 6.45) is 1.61. The van der Waals surface area contributed by atoms with Gasteiger partial charge in [0, 0.05) is 24.2 Å². The fourth-order valence-electron chi connectivity index (χ4n) is 2.33. The predicted molar refractivity (Wildman–Crippen MR) is 74.0 cm³/mol. The van der Waals surface area contributed by atoms with Crippen LogP contribution in [-0.2, 0) is 17.7 Å². The Labute approximate surface area is 120 Å². The van der Waals surface area contributed by atoms with E-state index in [0.717, 1.165) is 5.69 Å². The molecule has 8 nitrogen and oxygen atoms in total. The monoisotopic (exact) mass is 291 g/mol. The number of H-pyrrole nitrogens is 1. The molecule has 21 heavy (non-hydrogen) atoms. The Morgan fingerprint density at radius 3 is 2.90 bits per heavy atom. The molecule has 2 aromatic rings. The highest BCUT2D eigenvalue weighted by Crippen LogP contribution is 2.17. The summed E-state index contributed by atoms with van der Waals surface area (Å²) in [4.78, 5) is 26.0. The van der Waals surface area contributed by atoms with Gasteiger partial charge in [0.25, 0.3) is 0 Å². The second-order valence-electron chi connectivity index (χ2n) is 6.07. The van der Waals surface area contributed by atoms with E-state index in [9.17, 15) is 9.59 Å². The van der Waals surface area contributed by atoms with E-state index in [4.69, 9.17) is 4.74 Å². The first-order chi connectivity index (χ1) is 9.85. The van der Waals surface area contributed by atoms with Crippen molar-refractivity contribution in [2.75, 3.05) is 6.54 Å². The van der Waals surface area contributed by atoms with Crippen LogP contribution in [-0.4, -0.2) is 43.0 Å². The topological polar surface area (TPSA) is 92.6 Å². The Bertz CT molecular complexity index is 755. The van der Waals surface area contributed by atoms with Gasteiger partial charge in [0.1, 0.15) is 11.9 Å². The fraction of sp³-hybridized carbons (Fsp3) is 0.538. The van der Waals surface area contributed by atoms with E-state index >= 15 is 0 Å². The van der Waals surface area contributed by atoms with Crippen LogP contribution in [0.15, 0.2) is 11.1 Å². The molecule has 0 fully saturated rings. The third-order valence-corrected chi connectivity index (χ3v) is 3.28. The van der Waals surface area contributed by atoms with Gasteiger partial charge < -0.3 is 9.64 Å². The summed E-state index contributed by atoms with van der Waals surface area (Å²) in [6.45, 7) is 6.18. The first-order valence-electron chi connectivity index (χ1n) is 6.77. The number of amides is 1. The average molecular weight is 291 g/mol. The molecule has 0 radical (unpaired) electrons. The van der Waals surface area contributed by atoms with Crippen LogP contribution in [0.2, 0.25) is 0 Å². The highest BCUT2D eigenvalue weighted by Gasteiger charge is 2.28. The molecule has 1 N–H and O–H groups in total. The quantitative estimate of drug-likeness (QED) is 0.771. The summed E-state index contributed by atoms with van der Waals surface area (Å²) in [7, 11) is 0. The highest BCUT2D eigenvalue weighted by atomic mass is 16.6. The van der Waals surface area contributed by atoms with Crippen molar-refractivity contribution in [3.05, 3.63) is 27.8 Å². The molecule has 0 unspecified atom stereocenters.